The van der Waals surface area contributed by atoms with Gasteiger partial charge in [-0.05, 0) is 24.8 Å². The minimum absolute atomic E-state index is 0.0409. The van der Waals surface area contributed by atoms with Gasteiger partial charge in [-0.3, -0.25) is 0 Å². The van der Waals surface area contributed by atoms with Crippen molar-refractivity contribution in [1.82, 2.24) is 9.03 Å². The minimum atomic E-state index is -3.46. The molecule has 1 fully saturated rings. The maximum absolute atomic E-state index is 12.0. The molecule has 1 aliphatic rings. The van der Waals surface area contributed by atoms with Crippen molar-refractivity contribution in [3.63, 3.8) is 0 Å². The number of nitrogens with one attached hydrogen (secondary N) is 1. The quantitative estimate of drug-likeness (QED) is 0.746. The highest BCUT2D eigenvalue weighted by molar-refractivity contribution is 7.90. The number of aryl methyl sites for hydroxylation is 1. The van der Waals surface area contributed by atoms with Crippen molar-refractivity contribution >= 4 is 20.0 Å². The Morgan fingerprint density at radius 3 is 2.23 bits per heavy atom. The van der Waals surface area contributed by atoms with Crippen molar-refractivity contribution in [1.29, 1.82) is 0 Å². The second-order valence-electron chi connectivity index (χ2n) is 5.37. The fourth-order valence-electron chi connectivity index (χ4n) is 2.39. The van der Waals surface area contributed by atoms with Gasteiger partial charge in [0.25, 0.3) is 0 Å². The molecular formula is C14H22N2O4S2. The highest BCUT2D eigenvalue weighted by Crippen LogP contribution is 2.12. The van der Waals surface area contributed by atoms with Crippen molar-refractivity contribution in [3.05, 3.63) is 35.9 Å². The van der Waals surface area contributed by atoms with E-state index in [2.05, 4.69) is 4.72 Å². The maximum atomic E-state index is 12.0. The Balaban J connectivity index is 1.77. The summed E-state index contributed by atoms with van der Waals surface area (Å²) in [5.74, 6) is -0.224. The van der Waals surface area contributed by atoms with Crippen LogP contribution >= 0.6 is 0 Å². The monoisotopic (exact) mass is 346 g/mol. The van der Waals surface area contributed by atoms with Gasteiger partial charge in [0.05, 0.1) is 11.5 Å². The molecule has 2 rings (SSSR count). The minimum Gasteiger partial charge on any atom is -0.214 e. The van der Waals surface area contributed by atoms with Gasteiger partial charge in [0.15, 0.2) is 0 Å². The van der Waals surface area contributed by atoms with E-state index in [0.717, 1.165) is 18.4 Å². The van der Waals surface area contributed by atoms with Crippen molar-refractivity contribution in [2.24, 2.45) is 0 Å². The molecule has 0 unspecified atom stereocenters. The highest BCUT2D eigenvalue weighted by Gasteiger charge is 2.25. The molecule has 0 saturated carbocycles. The molecular weight excluding hydrogens is 324 g/mol. The number of sulfonamides is 2. The summed E-state index contributed by atoms with van der Waals surface area (Å²) >= 11 is 0. The molecule has 124 valence electrons. The fourth-order valence-corrected chi connectivity index (χ4v) is 5.01. The van der Waals surface area contributed by atoms with E-state index in [1.165, 1.54) is 4.31 Å². The van der Waals surface area contributed by atoms with Crippen LogP contribution in [-0.2, 0) is 26.5 Å². The topological polar surface area (TPSA) is 83.5 Å². The van der Waals surface area contributed by atoms with Gasteiger partial charge in [0, 0.05) is 19.6 Å². The molecule has 0 aromatic heterocycles. The van der Waals surface area contributed by atoms with Crippen molar-refractivity contribution in [3.8, 4) is 0 Å². The molecule has 1 heterocycles. The van der Waals surface area contributed by atoms with E-state index in [1.54, 1.807) is 0 Å². The molecule has 1 aromatic rings. The Hall–Kier alpha value is -0.960. The molecule has 0 radical (unpaired) electrons. The lowest BCUT2D eigenvalue weighted by atomic mass is 10.2. The molecule has 0 spiro atoms. The molecule has 1 saturated heterocycles. The molecule has 1 aliphatic heterocycles. The molecule has 0 amide bonds. The van der Waals surface area contributed by atoms with E-state index in [9.17, 15) is 16.8 Å². The van der Waals surface area contributed by atoms with Crippen molar-refractivity contribution < 1.29 is 16.8 Å². The van der Waals surface area contributed by atoms with Gasteiger partial charge in [-0.15, -0.1) is 0 Å². The Morgan fingerprint density at radius 2 is 1.59 bits per heavy atom. The average molecular weight is 346 g/mol. The third kappa shape index (κ3) is 5.35. The predicted molar refractivity (Wildman–Crippen MR) is 86.5 cm³/mol. The van der Waals surface area contributed by atoms with Gasteiger partial charge in [-0.25, -0.2) is 25.9 Å². The molecule has 8 heteroatoms. The molecule has 22 heavy (non-hydrogen) atoms. The smallest absolute Gasteiger partial charge is 0.214 e. The maximum Gasteiger partial charge on any atom is 0.215 e. The number of hydrogen-bond acceptors (Lipinski definition) is 4. The van der Waals surface area contributed by atoms with E-state index >= 15 is 0 Å². The van der Waals surface area contributed by atoms with Crippen LogP contribution in [0.1, 0.15) is 18.4 Å². The third-order valence-electron chi connectivity index (χ3n) is 3.64. The molecule has 0 aliphatic carbocycles. The van der Waals surface area contributed by atoms with Crippen LogP contribution < -0.4 is 4.72 Å². The summed E-state index contributed by atoms with van der Waals surface area (Å²) in [6, 6.07) is 9.33. The standard InChI is InChI=1S/C14H22N2O4S2/c17-21(18,12-8-14-6-2-1-3-7-14)15-9-13-22(19,20)16-10-4-5-11-16/h1-3,6-7,15H,4-5,8-13H2. The molecule has 6 nitrogen and oxygen atoms in total. The van der Waals surface area contributed by atoms with E-state index in [4.69, 9.17) is 0 Å². The van der Waals surface area contributed by atoms with Crippen LogP contribution in [0.4, 0.5) is 0 Å². The molecule has 0 atom stereocenters. The van der Waals surface area contributed by atoms with E-state index in [0.29, 0.717) is 19.5 Å². The lowest BCUT2D eigenvalue weighted by molar-refractivity contribution is 0.477. The summed E-state index contributed by atoms with van der Waals surface area (Å²) in [4.78, 5) is 0. The first-order valence-electron chi connectivity index (χ1n) is 7.38. The van der Waals surface area contributed by atoms with Gasteiger partial charge >= 0.3 is 0 Å². The Bertz CT molecular complexity index is 666. The van der Waals surface area contributed by atoms with Crippen LogP contribution in [0, 0.1) is 0 Å². The first-order valence-corrected chi connectivity index (χ1v) is 10.6. The number of nitrogens with zero attached hydrogens (tertiary/aromatic N) is 1. The van der Waals surface area contributed by atoms with E-state index in [-0.39, 0.29) is 18.1 Å². The van der Waals surface area contributed by atoms with Crippen molar-refractivity contribution in [2.75, 3.05) is 31.1 Å². The van der Waals surface area contributed by atoms with Crippen LogP contribution in [0.15, 0.2) is 30.3 Å². The lowest BCUT2D eigenvalue weighted by Gasteiger charge is -2.15. The van der Waals surface area contributed by atoms with Crippen LogP contribution in [0.2, 0.25) is 0 Å². The predicted octanol–water partition coefficient (Wildman–Crippen LogP) is 0.574. The SMILES string of the molecule is O=S(=O)(CCc1ccccc1)NCCS(=O)(=O)N1CCCC1. The molecule has 1 aromatic carbocycles. The lowest BCUT2D eigenvalue weighted by Crippen LogP contribution is -2.37. The van der Waals surface area contributed by atoms with Gasteiger partial charge in [0.1, 0.15) is 0 Å². The number of rotatable bonds is 8. The van der Waals surface area contributed by atoms with Gasteiger partial charge < -0.3 is 0 Å². The normalized spacial score (nSPS) is 16.9. The van der Waals surface area contributed by atoms with Crippen LogP contribution in [0.3, 0.4) is 0 Å². The summed E-state index contributed by atoms with van der Waals surface area (Å²) in [5.41, 5.74) is 0.942. The van der Waals surface area contributed by atoms with Gasteiger partial charge in [0.2, 0.25) is 20.0 Å². The van der Waals surface area contributed by atoms with E-state index < -0.39 is 20.0 Å². The zero-order valence-electron chi connectivity index (χ0n) is 12.4. The summed E-state index contributed by atoms with van der Waals surface area (Å²) in [6.45, 7) is 1.02. The zero-order chi connectivity index (χ0) is 16.1. The molecule has 0 bridgehead atoms. The first kappa shape index (κ1) is 17.4. The largest absolute Gasteiger partial charge is 0.215 e. The third-order valence-corrected chi connectivity index (χ3v) is 6.90. The number of benzene rings is 1. The van der Waals surface area contributed by atoms with Gasteiger partial charge in [-0.1, -0.05) is 30.3 Å². The highest BCUT2D eigenvalue weighted by atomic mass is 32.2. The molecule has 1 N–H and O–H groups in total. The first-order chi connectivity index (χ1) is 10.4. The van der Waals surface area contributed by atoms with Crippen molar-refractivity contribution in [2.45, 2.75) is 19.3 Å². The van der Waals surface area contributed by atoms with E-state index in [1.807, 2.05) is 30.3 Å². The Kier molecular flexibility index (Phi) is 5.96. The van der Waals surface area contributed by atoms with Gasteiger partial charge in [-0.2, -0.15) is 0 Å². The second kappa shape index (κ2) is 7.54. The zero-order valence-corrected chi connectivity index (χ0v) is 14.1. The summed E-state index contributed by atoms with van der Waals surface area (Å²) in [6.07, 6.45) is 2.17. The second-order valence-corrected chi connectivity index (χ2v) is 9.39. The summed E-state index contributed by atoms with van der Waals surface area (Å²) in [5, 5.41) is 0. The van der Waals surface area contributed by atoms with Crippen LogP contribution in [0.5, 0.6) is 0 Å². The Labute approximate surface area is 132 Å². The number of hydrogen-bond donors (Lipinski definition) is 1. The summed E-state index contributed by atoms with van der Waals surface area (Å²) in [7, 11) is -6.80. The van der Waals surface area contributed by atoms with Crippen LogP contribution in [-0.4, -0.2) is 52.3 Å². The fraction of sp³-hybridized carbons (Fsp3) is 0.571. The van der Waals surface area contributed by atoms with Crippen LogP contribution in [0.25, 0.3) is 0 Å². The summed E-state index contributed by atoms with van der Waals surface area (Å²) < 4.78 is 51.6. The average Bonchev–Trinajstić information content (AvgIpc) is 3.01. The Morgan fingerprint density at radius 1 is 0.955 bits per heavy atom.